The van der Waals surface area contributed by atoms with E-state index in [9.17, 15) is 4.79 Å². The van der Waals surface area contributed by atoms with Gasteiger partial charge >= 0.3 is 0 Å². The van der Waals surface area contributed by atoms with Gasteiger partial charge in [0.1, 0.15) is 11.9 Å². The highest BCUT2D eigenvalue weighted by Crippen LogP contribution is 2.49. The van der Waals surface area contributed by atoms with E-state index in [2.05, 4.69) is 37.7 Å². The molecule has 2 aromatic carbocycles. The fourth-order valence-electron chi connectivity index (χ4n) is 5.59. The van der Waals surface area contributed by atoms with E-state index in [-0.39, 0.29) is 29.5 Å². The van der Waals surface area contributed by atoms with Crippen molar-refractivity contribution in [2.75, 3.05) is 13.7 Å². The Morgan fingerprint density at radius 2 is 2.00 bits per heavy atom. The second-order valence-electron chi connectivity index (χ2n) is 10.2. The second-order valence-corrected chi connectivity index (χ2v) is 10.2. The average Bonchev–Trinajstić information content (AvgIpc) is 3.02. The molecule has 1 fully saturated rings. The minimum Gasteiger partial charge on any atom is -0.490 e. The number of ether oxygens (including phenoxy) is 2. The number of hydrogen-bond donors (Lipinski definition) is 1. The lowest BCUT2D eigenvalue weighted by molar-refractivity contribution is -0.134. The molecule has 3 atom stereocenters. The third-order valence-corrected chi connectivity index (χ3v) is 7.32. The first-order valence-corrected chi connectivity index (χ1v) is 11.8. The number of amides is 1. The minimum absolute atomic E-state index is 0.104. The number of carbonyl (C=O) groups excluding carboxylic acids is 1. The summed E-state index contributed by atoms with van der Waals surface area (Å²) < 4.78 is 12.5. The van der Waals surface area contributed by atoms with Crippen molar-refractivity contribution < 1.29 is 14.3 Å². The van der Waals surface area contributed by atoms with Crippen LogP contribution in [0.2, 0.25) is 0 Å². The summed E-state index contributed by atoms with van der Waals surface area (Å²) in [5.74, 6) is 1.11. The van der Waals surface area contributed by atoms with Gasteiger partial charge in [0.25, 0.3) is 5.91 Å². The molecule has 0 radical (unpaired) electrons. The molecule has 3 heterocycles. The van der Waals surface area contributed by atoms with Crippen LogP contribution in [0.3, 0.4) is 0 Å². The predicted molar refractivity (Wildman–Crippen MR) is 133 cm³/mol. The molecule has 7 heteroatoms. The Hall–Kier alpha value is -3.19. The predicted octanol–water partition coefficient (Wildman–Crippen LogP) is 3.89. The zero-order valence-electron chi connectivity index (χ0n) is 20.1. The number of carbonyl (C=O) groups is 1. The molecule has 2 aromatic rings. The Labute approximate surface area is 200 Å². The molecule has 3 aliphatic rings. The van der Waals surface area contributed by atoms with E-state index in [1.165, 1.54) is 4.90 Å². The molecular formula is C27H32N4O3. The molecule has 5 rings (SSSR count). The molecule has 2 unspecified atom stereocenters. The summed E-state index contributed by atoms with van der Waals surface area (Å²) >= 11 is 0. The number of fused-ring (bicyclic) bond motifs is 2. The van der Waals surface area contributed by atoms with E-state index in [1.54, 1.807) is 7.05 Å². The summed E-state index contributed by atoms with van der Waals surface area (Å²) in [6.07, 6.45) is 2.09. The zero-order valence-corrected chi connectivity index (χ0v) is 20.1. The van der Waals surface area contributed by atoms with Gasteiger partial charge in [-0.2, -0.15) is 0 Å². The van der Waals surface area contributed by atoms with Crippen LogP contribution >= 0.6 is 0 Å². The van der Waals surface area contributed by atoms with Gasteiger partial charge in [-0.05, 0) is 68.3 Å². The second kappa shape index (κ2) is 8.24. The van der Waals surface area contributed by atoms with Crippen molar-refractivity contribution in [2.45, 2.75) is 56.9 Å². The van der Waals surface area contributed by atoms with E-state index in [0.717, 1.165) is 35.1 Å². The van der Waals surface area contributed by atoms with Crippen LogP contribution in [0.25, 0.3) is 11.1 Å². The van der Waals surface area contributed by atoms with E-state index in [1.807, 2.05) is 30.3 Å². The van der Waals surface area contributed by atoms with Gasteiger partial charge in [-0.25, -0.2) is 4.99 Å². The maximum absolute atomic E-state index is 13.6. The van der Waals surface area contributed by atoms with Crippen LogP contribution in [0.4, 0.5) is 0 Å². The molecule has 34 heavy (non-hydrogen) atoms. The van der Waals surface area contributed by atoms with Gasteiger partial charge in [-0.15, -0.1) is 0 Å². The lowest BCUT2D eigenvalue weighted by atomic mass is 9.74. The summed E-state index contributed by atoms with van der Waals surface area (Å²) in [4.78, 5) is 23.9. The Bertz CT molecular complexity index is 1170. The molecule has 2 N–H and O–H groups in total. The number of nitrogens with two attached hydrogens (primary N) is 1. The van der Waals surface area contributed by atoms with Crippen molar-refractivity contribution in [2.24, 2.45) is 21.6 Å². The number of guanidine groups is 1. The van der Waals surface area contributed by atoms with Gasteiger partial charge in [-0.3, -0.25) is 14.7 Å². The van der Waals surface area contributed by atoms with Crippen molar-refractivity contribution in [1.29, 1.82) is 0 Å². The highest BCUT2D eigenvalue weighted by molar-refractivity contribution is 6.07. The van der Waals surface area contributed by atoms with Gasteiger partial charge in [0, 0.05) is 31.6 Å². The molecule has 0 aliphatic carbocycles. The third-order valence-electron chi connectivity index (χ3n) is 7.32. The van der Waals surface area contributed by atoms with Gasteiger partial charge in [0.15, 0.2) is 11.5 Å². The van der Waals surface area contributed by atoms with Gasteiger partial charge in [-0.1, -0.05) is 24.3 Å². The molecule has 0 saturated carbocycles. The SMILES string of the molecule is C=NCc1cccc(-c2ccc3c(c2)C2(C[C@H](C4CCOC(C)(C)C4)O3)N=C(N)N(C)C2=O)c1. The normalized spacial score (nSPS) is 27.8. The van der Waals surface area contributed by atoms with E-state index < -0.39 is 5.54 Å². The van der Waals surface area contributed by atoms with Crippen LogP contribution < -0.4 is 10.5 Å². The molecule has 178 valence electrons. The third kappa shape index (κ3) is 3.78. The maximum atomic E-state index is 13.6. The van der Waals surface area contributed by atoms with Crippen LogP contribution in [0.5, 0.6) is 5.75 Å². The van der Waals surface area contributed by atoms with Gasteiger partial charge < -0.3 is 15.2 Å². The number of likely N-dealkylation sites (N-methyl/N-ethyl adjacent to an activating group) is 1. The minimum atomic E-state index is -1.07. The lowest BCUT2D eigenvalue weighted by Gasteiger charge is -2.44. The average molecular weight is 461 g/mol. The molecule has 3 aliphatic heterocycles. The van der Waals surface area contributed by atoms with Crippen molar-refractivity contribution in [3.63, 3.8) is 0 Å². The Kier molecular flexibility index (Phi) is 5.47. The molecule has 0 aromatic heterocycles. The number of nitrogens with zero attached hydrogens (tertiary/aromatic N) is 3. The first-order chi connectivity index (χ1) is 16.2. The summed E-state index contributed by atoms with van der Waals surface area (Å²) in [6, 6.07) is 14.2. The van der Waals surface area contributed by atoms with E-state index in [0.29, 0.717) is 25.3 Å². The highest BCUT2D eigenvalue weighted by Gasteiger charge is 2.55. The van der Waals surface area contributed by atoms with Crippen molar-refractivity contribution >= 4 is 18.6 Å². The first-order valence-electron chi connectivity index (χ1n) is 11.8. The topological polar surface area (TPSA) is 89.5 Å². The number of hydrogen-bond acceptors (Lipinski definition) is 6. The number of rotatable bonds is 4. The van der Waals surface area contributed by atoms with Gasteiger partial charge in [0.05, 0.1) is 12.1 Å². The van der Waals surface area contributed by atoms with Crippen molar-refractivity contribution in [1.82, 2.24) is 4.90 Å². The summed E-state index contributed by atoms with van der Waals surface area (Å²) in [7, 11) is 1.69. The molecular weight excluding hydrogens is 428 g/mol. The smallest absolute Gasteiger partial charge is 0.261 e. The highest BCUT2D eigenvalue weighted by atomic mass is 16.5. The van der Waals surface area contributed by atoms with Crippen LogP contribution in [0.15, 0.2) is 52.4 Å². The lowest BCUT2D eigenvalue weighted by Crippen LogP contribution is -2.49. The number of aliphatic imine (C=N–C) groups is 2. The summed E-state index contributed by atoms with van der Waals surface area (Å²) in [6.45, 7) is 9.06. The van der Waals surface area contributed by atoms with Crippen LogP contribution in [-0.4, -0.2) is 48.8 Å². The van der Waals surface area contributed by atoms with E-state index >= 15 is 0 Å². The molecule has 1 saturated heterocycles. The van der Waals surface area contributed by atoms with Crippen LogP contribution in [0.1, 0.15) is 44.2 Å². The van der Waals surface area contributed by atoms with Gasteiger partial charge in [0.2, 0.25) is 0 Å². The summed E-state index contributed by atoms with van der Waals surface area (Å²) in [5.41, 5.74) is 8.79. The largest absolute Gasteiger partial charge is 0.490 e. The molecule has 7 nitrogen and oxygen atoms in total. The number of benzene rings is 2. The zero-order chi connectivity index (χ0) is 24.1. The standard InChI is InChI=1S/C27H32N4O3/c1-26(2)14-20(10-11-33-26)23-15-27(24(32)31(4)25(28)30-27)21-13-19(8-9-22(21)34-23)18-7-5-6-17(12-18)16-29-3/h5-9,12-13,20,23H,3,10-11,14-16H2,1-2,4H3,(H2,28,30)/t20?,23-,27?/m1/s1. The van der Waals surface area contributed by atoms with E-state index in [4.69, 9.17) is 20.2 Å². The van der Waals surface area contributed by atoms with Crippen molar-refractivity contribution in [3.8, 4) is 16.9 Å². The van der Waals surface area contributed by atoms with Crippen LogP contribution in [-0.2, 0) is 21.6 Å². The molecule has 0 bridgehead atoms. The Morgan fingerprint density at radius 3 is 2.71 bits per heavy atom. The Morgan fingerprint density at radius 1 is 1.21 bits per heavy atom. The monoisotopic (exact) mass is 460 g/mol. The summed E-state index contributed by atoms with van der Waals surface area (Å²) in [5, 5.41) is 0. The molecule has 1 amide bonds. The molecule has 1 spiro atoms. The maximum Gasteiger partial charge on any atom is 0.261 e. The quantitative estimate of drug-likeness (QED) is 0.701. The van der Waals surface area contributed by atoms with Crippen molar-refractivity contribution in [3.05, 3.63) is 53.6 Å². The van der Waals surface area contributed by atoms with Crippen LogP contribution in [0, 0.1) is 5.92 Å². The Balaban J connectivity index is 1.58. The fourth-order valence-corrected chi connectivity index (χ4v) is 5.59. The fraction of sp³-hybridized carbons (Fsp3) is 0.444. The first kappa shape index (κ1) is 22.6.